The van der Waals surface area contributed by atoms with Gasteiger partial charge in [0.2, 0.25) is 5.91 Å². The Morgan fingerprint density at radius 3 is 2.92 bits per heavy atom. The molecular formula is C19H17N3OS. The molecule has 3 heterocycles. The van der Waals surface area contributed by atoms with E-state index in [9.17, 15) is 4.79 Å². The first-order valence-electron chi connectivity index (χ1n) is 8.05. The summed E-state index contributed by atoms with van der Waals surface area (Å²) in [4.78, 5) is 17.5. The number of fused-ring (bicyclic) bond motifs is 1. The quantitative estimate of drug-likeness (QED) is 0.680. The van der Waals surface area contributed by atoms with E-state index >= 15 is 0 Å². The maximum atomic E-state index is 12.0. The number of carbonyl (C=O) groups is 1. The van der Waals surface area contributed by atoms with Gasteiger partial charge < -0.3 is 0 Å². The molecule has 3 aromatic rings. The highest BCUT2D eigenvalue weighted by atomic mass is 32.1. The fourth-order valence-corrected chi connectivity index (χ4v) is 3.70. The van der Waals surface area contributed by atoms with Crippen molar-refractivity contribution in [3.8, 4) is 0 Å². The van der Waals surface area contributed by atoms with Crippen molar-refractivity contribution in [2.24, 2.45) is 5.10 Å². The Morgan fingerprint density at radius 2 is 2.12 bits per heavy atom. The summed E-state index contributed by atoms with van der Waals surface area (Å²) in [6, 6.07) is 14.3. The summed E-state index contributed by atoms with van der Waals surface area (Å²) in [6.45, 7) is 0.713. The highest BCUT2D eigenvalue weighted by Gasteiger charge is 2.21. The Balaban J connectivity index is 1.74. The van der Waals surface area contributed by atoms with Crippen LogP contribution < -0.4 is 0 Å². The summed E-state index contributed by atoms with van der Waals surface area (Å²) in [6.07, 6.45) is 4.01. The van der Waals surface area contributed by atoms with Crippen LogP contribution in [0.4, 0.5) is 0 Å². The lowest BCUT2D eigenvalue weighted by Gasteiger charge is -2.13. The van der Waals surface area contributed by atoms with Crippen LogP contribution in [-0.2, 0) is 11.2 Å². The van der Waals surface area contributed by atoms with Crippen molar-refractivity contribution in [1.29, 1.82) is 0 Å². The van der Waals surface area contributed by atoms with Crippen LogP contribution in [-0.4, -0.2) is 28.2 Å². The van der Waals surface area contributed by atoms with E-state index in [-0.39, 0.29) is 5.91 Å². The van der Waals surface area contributed by atoms with Crippen LogP contribution in [0.2, 0.25) is 0 Å². The first kappa shape index (κ1) is 15.0. The number of amides is 1. The highest BCUT2D eigenvalue weighted by Crippen LogP contribution is 2.21. The zero-order chi connectivity index (χ0) is 16.4. The average molecular weight is 335 g/mol. The molecule has 1 fully saturated rings. The minimum atomic E-state index is 0.114. The molecule has 2 aromatic heterocycles. The maximum absolute atomic E-state index is 12.0. The molecule has 24 heavy (non-hydrogen) atoms. The molecular weight excluding hydrogens is 318 g/mol. The molecule has 120 valence electrons. The van der Waals surface area contributed by atoms with Crippen molar-refractivity contribution in [3.05, 3.63) is 64.5 Å². The summed E-state index contributed by atoms with van der Waals surface area (Å²) in [5.41, 5.74) is 3.11. The van der Waals surface area contributed by atoms with E-state index in [1.165, 1.54) is 5.56 Å². The van der Waals surface area contributed by atoms with Crippen LogP contribution in [0.1, 0.15) is 23.3 Å². The van der Waals surface area contributed by atoms with E-state index in [1.54, 1.807) is 16.3 Å². The number of aromatic nitrogens is 1. The van der Waals surface area contributed by atoms with Gasteiger partial charge in [0.15, 0.2) is 0 Å². The smallest absolute Gasteiger partial charge is 0.242 e. The molecule has 0 spiro atoms. The van der Waals surface area contributed by atoms with E-state index in [2.05, 4.69) is 17.1 Å². The van der Waals surface area contributed by atoms with Gasteiger partial charge in [-0.15, -0.1) is 11.3 Å². The Bertz CT molecular complexity index is 897. The van der Waals surface area contributed by atoms with E-state index in [1.807, 2.05) is 41.9 Å². The standard InChI is InChI=1S/C19H17N3OS/c23-19-8-3-11-22(19)21-17(18-7-4-12-24-18)13-14-9-10-20-16-6-2-1-5-15(14)16/h1-2,4-7,9-10,12H,3,8,11,13H2/b21-17-. The van der Waals surface area contributed by atoms with E-state index < -0.39 is 0 Å². The summed E-state index contributed by atoms with van der Waals surface area (Å²) in [5.74, 6) is 0.114. The lowest BCUT2D eigenvalue weighted by Crippen LogP contribution is -2.21. The predicted molar refractivity (Wildman–Crippen MR) is 97.3 cm³/mol. The molecule has 1 amide bonds. The van der Waals surface area contributed by atoms with Crippen LogP contribution in [0, 0.1) is 0 Å². The van der Waals surface area contributed by atoms with Crippen LogP contribution in [0.15, 0.2) is 59.1 Å². The molecule has 4 nitrogen and oxygen atoms in total. The fourth-order valence-electron chi connectivity index (χ4n) is 2.99. The number of rotatable bonds is 4. The summed E-state index contributed by atoms with van der Waals surface area (Å²) >= 11 is 1.66. The number of carbonyl (C=O) groups excluding carboxylic acids is 1. The lowest BCUT2D eigenvalue weighted by molar-refractivity contribution is -0.127. The molecule has 0 aliphatic carbocycles. The van der Waals surface area contributed by atoms with Gasteiger partial charge in [-0.2, -0.15) is 5.10 Å². The third-order valence-corrected chi connectivity index (χ3v) is 5.11. The second kappa shape index (κ2) is 6.53. The minimum absolute atomic E-state index is 0.114. The molecule has 0 atom stereocenters. The number of pyridine rings is 1. The topological polar surface area (TPSA) is 45.6 Å². The number of para-hydroxylation sites is 1. The van der Waals surface area contributed by atoms with Gasteiger partial charge in [-0.1, -0.05) is 24.3 Å². The molecule has 0 N–H and O–H groups in total. The first-order chi connectivity index (χ1) is 11.8. The zero-order valence-electron chi connectivity index (χ0n) is 13.2. The second-order valence-corrected chi connectivity index (χ2v) is 6.76. The molecule has 1 aliphatic heterocycles. The summed E-state index contributed by atoms with van der Waals surface area (Å²) < 4.78 is 0. The average Bonchev–Trinajstić information content (AvgIpc) is 3.27. The highest BCUT2D eigenvalue weighted by molar-refractivity contribution is 7.12. The Kier molecular flexibility index (Phi) is 4.09. The van der Waals surface area contributed by atoms with Crippen LogP contribution in [0.5, 0.6) is 0 Å². The van der Waals surface area contributed by atoms with Crippen molar-refractivity contribution in [2.75, 3.05) is 6.54 Å². The molecule has 0 saturated carbocycles. The molecule has 1 aliphatic rings. The molecule has 1 saturated heterocycles. The van der Waals surface area contributed by atoms with Gasteiger partial charge in [0.05, 0.1) is 16.1 Å². The summed E-state index contributed by atoms with van der Waals surface area (Å²) in [7, 11) is 0. The number of hydrogen-bond donors (Lipinski definition) is 0. The van der Waals surface area contributed by atoms with Gasteiger partial charge in [0, 0.05) is 31.0 Å². The lowest BCUT2D eigenvalue weighted by atomic mass is 10.0. The van der Waals surface area contributed by atoms with Gasteiger partial charge in [-0.25, -0.2) is 5.01 Å². The number of benzene rings is 1. The van der Waals surface area contributed by atoms with Gasteiger partial charge in [-0.05, 0) is 35.6 Å². The molecule has 0 unspecified atom stereocenters. The first-order valence-corrected chi connectivity index (χ1v) is 8.93. The molecule has 1 aromatic carbocycles. The van der Waals surface area contributed by atoms with E-state index in [0.717, 1.165) is 27.9 Å². The predicted octanol–water partition coefficient (Wildman–Crippen LogP) is 3.87. The summed E-state index contributed by atoms with van der Waals surface area (Å²) in [5, 5.41) is 9.49. The normalized spacial score (nSPS) is 15.4. The molecule has 4 rings (SSSR count). The Hall–Kier alpha value is -2.53. The Morgan fingerprint density at radius 1 is 1.21 bits per heavy atom. The minimum Gasteiger partial charge on any atom is -0.273 e. The number of thiophene rings is 1. The van der Waals surface area contributed by atoms with Gasteiger partial charge in [0.25, 0.3) is 0 Å². The van der Waals surface area contributed by atoms with Crippen molar-refractivity contribution in [1.82, 2.24) is 9.99 Å². The number of hydrogen-bond acceptors (Lipinski definition) is 4. The van der Waals surface area contributed by atoms with Crippen LogP contribution in [0.25, 0.3) is 10.9 Å². The van der Waals surface area contributed by atoms with Crippen LogP contribution in [0.3, 0.4) is 0 Å². The second-order valence-electron chi connectivity index (χ2n) is 5.81. The zero-order valence-corrected chi connectivity index (χ0v) is 14.0. The van der Waals surface area contributed by atoms with Gasteiger partial charge in [0.1, 0.15) is 0 Å². The maximum Gasteiger partial charge on any atom is 0.242 e. The third-order valence-electron chi connectivity index (χ3n) is 4.19. The van der Waals surface area contributed by atoms with Gasteiger partial charge >= 0.3 is 0 Å². The fraction of sp³-hybridized carbons (Fsp3) is 0.211. The monoisotopic (exact) mass is 335 g/mol. The SMILES string of the molecule is O=C1CCCN1/N=C(/Cc1ccnc2ccccc12)c1cccs1. The molecule has 0 radical (unpaired) electrons. The van der Waals surface area contributed by atoms with Gasteiger partial charge in [-0.3, -0.25) is 9.78 Å². The van der Waals surface area contributed by atoms with Crippen molar-refractivity contribution in [3.63, 3.8) is 0 Å². The number of hydrazone groups is 1. The van der Waals surface area contributed by atoms with Crippen molar-refractivity contribution >= 4 is 33.9 Å². The molecule has 0 bridgehead atoms. The molecule has 5 heteroatoms. The van der Waals surface area contributed by atoms with E-state index in [4.69, 9.17) is 5.10 Å². The number of nitrogens with zero attached hydrogens (tertiary/aromatic N) is 3. The Labute approximate surface area is 144 Å². The largest absolute Gasteiger partial charge is 0.273 e. The van der Waals surface area contributed by atoms with Crippen molar-refractivity contribution in [2.45, 2.75) is 19.3 Å². The third kappa shape index (κ3) is 2.95. The van der Waals surface area contributed by atoms with Crippen LogP contribution >= 0.6 is 11.3 Å². The van der Waals surface area contributed by atoms with Crippen molar-refractivity contribution < 1.29 is 4.79 Å². The van der Waals surface area contributed by atoms with E-state index in [0.29, 0.717) is 19.4 Å².